The van der Waals surface area contributed by atoms with Gasteiger partial charge in [0.2, 0.25) is 0 Å². The molecule has 0 radical (unpaired) electrons. The first-order valence-electron chi connectivity index (χ1n) is 4.38. The SMILES string of the molecule is COc1ccc(C2OCCO2)c(Br)c1. The van der Waals surface area contributed by atoms with Crippen LogP contribution in [-0.4, -0.2) is 20.3 Å². The lowest BCUT2D eigenvalue weighted by molar-refractivity contribution is -0.0446. The molecule has 0 amide bonds. The van der Waals surface area contributed by atoms with Crippen LogP contribution in [0.2, 0.25) is 0 Å². The van der Waals surface area contributed by atoms with E-state index in [0.29, 0.717) is 13.2 Å². The van der Waals surface area contributed by atoms with Gasteiger partial charge in [-0.2, -0.15) is 0 Å². The summed E-state index contributed by atoms with van der Waals surface area (Å²) in [6.45, 7) is 1.31. The smallest absolute Gasteiger partial charge is 0.185 e. The summed E-state index contributed by atoms with van der Waals surface area (Å²) < 4.78 is 16.8. The van der Waals surface area contributed by atoms with Crippen LogP contribution in [0.3, 0.4) is 0 Å². The van der Waals surface area contributed by atoms with Crippen molar-refractivity contribution in [1.29, 1.82) is 0 Å². The normalized spacial score (nSPS) is 17.3. The summed E-state index contributed by atoms with van der Waals surface area (Å²) in [5.74, 6) is 0.818. The van der Waals surface area contributed by atoms with Gasteiger partial charge in [-0.25, -0.2) is 0 Å². The first-order chi connectivity index (χ1) is 6.81. The van der Waals surface area contributed by atoms with E-state index < -0.39 is 0 Å². The van der Waals surface area contributed by atoms with Crippen molar-refractivity contribution in [3.63, 3.8) is 0 Å². The molecular formula is C10H11BrO3. The highest BCUT2D eigenvalue weighted by Crippen LogP contribution is 2.32. The minimum Gasteiger partial charge on any atom is -0.497 e. The third kappa shape index (κ3) is 1.92. The van der Waals surface area contributed by atoms with Crippen LogP contribution in [0.1, 0.15) is 11.9 Å². The van der Waals surface area contributed by atoms with Crippen molar-refractivity contribution in [2.75, 3.05) is 20.3 Å². The Morgan fingerprint density at radius 2 is 2.07 bits per heavy atom. The summed E-state index contributed by atoms with van der Waals surface area (Å²) in [4.78, 5) is 0. The molecule has 0 aliphatic carbocycles. The summed E-state index contributed by atoms with van der Waals surface area (Å²) in [5.41, 5.74) is 1.00. The predicted molar refractivity (Wildman–Crippen MR) is 55.3 cm³/mol. The van der Waals surface area contributed by atoms with Crippen LogP contribution in [-0.2, 0) is 9.47 Å². The van der Waals surface area contributed by atoms with Crippen LogP contribution in [0.25, 0.3) is 0 Å². The van der Waals surface area contributed by atoms with Crippen molar-refractivity contribution in [1.82, 2.24) is 0 Å². The minimum atomic E-state index is -0.240. The molecule has 0 aromatic heterocycles. The monoisotopic (exact) mass is 258 g/mol. The van der Waals surface area contributed by atoms with Crippen LogP contribution in [0.15, 0.2) is 22.7 Å². The Bertz CT molecular complexity index is 321. The predicted octanol–water partition coefficient (Wildman–Crippen LogP) is 2.50. The molecule has 1 aromatic carbocycles. The summed E-state index contributed by atoms with van der Waals surface area (Å²) in [5, 5.41) is 0. The first kappa shape index (κ1) is 9.96. The standard InChI is InChI=1S/C10H11BrO3/c1-12-7-2-3-8(9(11)6-7)10-13-4-5-14-10/h2-3,6,10H,4-5H2,1H3. The van der Waals surface area contributed by atoms with E-state index in [1.165, 1.54) is 0 Å². The lowest BCUT2D eigenvalue weighted by Crippen LogP contribution is -1.99. The molecule has 76 valence electrons. The fourth-order valence-corrected chi connectivity index (χ4v) is 1.91. The maximum absolute atomic E-state index is 5.40. The van der Waals surface area contributed by atoms with Crippen LogP contribution in [0, 0.1) is 0 Å². The number of ether oxygens (including phenoxy) is 3. The van der Waals surface area contributed by atoms with E-state index in [-0.39, 0.29) is 6.29 Å². The van der Waals surface area contributed by atoms with Crippen molar-refractivity contribution >= 4 is 15.9 Å². The van der Waals surface area contributed by atoms with Gasteiger partial charge < -0.3 is 14.2 Å². The minimum absolute atomic E-state index is 0.240. The molecule has 0 atom stereocenters. The zero-order chi connectivity index (χ0) is 9.97. The zero-order valence-corrected chi connectivity index (χ0v) is 9.41. The van der Waals surface area contributed by atoms with Crippen LogP contribution in [0.4, 0.5) is 0 Å². The lowest BCUT2D eigenvalue weighted by Gasteiger charge is -2.12. The molecule has 14 heavy (non-hydrogen) atoms. The quantitative estimate of drug-likeness (QED) is 0.816. The van der Waals surface area contributed by atoms with Gasteiger partial charge in [0.15, 0.2) is 6.29 Å². The number of halogens is 1. The van der Waals surface area contributed by atoms with Gasteiger partial charge in [0.05, 0.1) is 20.3 Å². The Kier molecular flexibility index (Phi) is 3.05. The van der Waals surface area contributed by atoms with Gasteiger partial charge in [-0.05, 0) is 18.2 Å². The molecule has 1 heterocycles. The second-order valence-corrected chi connectivity index (χ2v) is 3.82. The molecule has 0 N–H and O–H groups in total. The van der Waals surface area contributed by atoms with Crippen molar-refractivity contribution in [2.24, 2.45) is 0 Å². The highest BCUT2D eigenvalue weighted by molar-refractivity contribution is 9.10. The van der Waals surface area contributed by atoms with E-state index in [0.717, 1.165) is 15.8 Å². The van der Waals surface area contributed by atoms with Crippen molar-refractivity contribution < 1.29 is 14.2 Å². The lowest BCUT2D eigenvalue weighted by atomic mass is 10.2. The molecule has 1 aliphatic rings. The van der Waals surface area contributed by atoms with Gasteiger partial charge in [-0.3, -0.25) is 0 Å². The van der Waals surface area contributed by atoms with E-state index >= 15 is 0 Å². The van der Waals surface area contributed by atoms with Crippen LogP contribution >= 0.6 is 15.9 Å². The number of methoxy groups -OCH3 is 1. The molecule has 1 aromatic rings. The van der Waals surface area contributed by atoms with Gasteiger partial charge in [0.1, 0.15) is 5.75 Å². The Balaban J connectivity index is 2.25. The molecular weight excluding hydrogens is 248 g/mol. The highest BCUT2D eigenvalue weighted by Gasteiger charge is 2.20. The third-order valence-corrected chi connectivity index (χ3v) is 2.77. The average Bonchev–Trinajstić information content (AvgIpc) is 2.70. The highest BCUT2D eigenvalue weighted by atomic mass is 79.9. The third-order valence-electron chi connectivity index (χ3n) is 2.08. The molecule has 1 fully saturated rings. The van der Waals surface area contributed by atoms with Gasteiger partial charge in [-0.15, -0.1) is 0 Å². The maximum atomic E-state index is 5.40. The van der Waals surface area contributed by atoms with Crippen molar-refractivity contribution in [2.45, 2.75) is 6.29 Å². The molecule has 0 unspecified atom stereocenters. The summed E-state index contributed by atoms with van der Waals surface area (Å²) >= 11 is 3.46. The van der Waals surface area contributed by atoms with E-state index in [9.17, 15) is 0 Å². The Hall–Kier alpha value is -0.580. The first-order valence-corrected chi connectivity index (χ1v) is 5.17. The van der Waals surface area contributed by atoms with Crippen molar-refractivity contribution in [3.8, 4) is 5.75 Å². The topological polar surface area (TPSA) is 27.7 Å². The van der Waals surface area contributed by atoms with E-state index in [1.807, 2.05) is 18.2 Å². The average molecular weight is 259 g/mol. The molecule has 0 saturated carbocycles. The number of benzene rings is 1. The Labute approximate surface area is 91.1 Å². The van der Waals surface area contributed by atoms with Crippen molar-refractivity contribution in [3.05, 3.63) is 28.2 Å². The fraction of sp³-hybridized carbons (Fsp3) is 0.400. The maximum Gasteiger partial charge on any atom is 0.185 e. The second-order valence-electron chi connectivity index (χ2n) is 2.96. The fourth-order valence-electron chi connectivity index (χ4n) is 1.36. The number of hydrogen-bond acceptors (Lipinski definition) is 3. The molecule has 1 aliphatic heterocycles. The Morgan fingerprint density at radius 1 is 1.36 bits per heavy atom. The van der Waals surface area contributed by atoms with E-state index in [1.54, 1.807) is 7.11 Å². The van der Waals surface area contributed by atoms with Gasteiger partial charge in [0, 0.05) is 10.0 Å². The summed E-state index contributed by atoms with van der Waals surface area (Å²) in [6, 6.07) is 5.74. The second kappa shape index (κ2) is 4.29. The van der Waals surface area contributed by atoms with Crippen LogP contribution < -0.4 is 4.74 Å². The molecule has 3 nitrogen and oxygen atoms in total. The van der Waals surface area contributed by atoms with E-state index in [4.69, 9.17) is 14.2 Å². The van der Waals surface area contributed by atoms with Gasteiger partial charge >= 0.3 is 0 Å². The number of rotatable bonds is 2. The summed E-state index contributed by atoms with van der Waals surface area (Å²) in [7, 11) is 1.64. The summed E-state index contributed by atoms with van der Waals surface area (Å²) in [6.07, 6.45) is -0.240. The zero-order valence-electron chi connectivity index (χ0n) is 7.83. The Morgan fingerprint density at radius 3 is 2.64 bits per heavy atom. The molecule has 1 saturated heterocycles. The van der Waals surface area contributed by atoms with E-state index in [2.05, 4.69) is 15.9 Å². The molecule has 2 rings (SSSR count). The number of hydrogen-bond donors (Lipinski definition) is 0. The van der Waals surface area contributed by atoms with Gasteiger partial charge in [-0.1, -0.05) is 15.9 Å². The van der Waals surface area contributed by atoms with Crippen LogP contribution in [0.5, 0.6) is 5.75 Å². The van der Waals surface area contributed by atoms with Gasteiger partial charge in [0.25, 0.3) is 0 Å². The molecule has 4 heteroatoms. The largest absolute Gasteiger partial charge is 0.497 e. The molecule has 0 bridgehead atoms. The molecule has 0 spiro atoms.